The molecule has 1 saturated heterocycles. The van der Waals surface area contributed by atoms with Gasteiger partial charge in [-0.2, -0.15) is 8.78 Å². The molecule has 9 nitrogen and oxygen atoms in total. The molecule has 1 atom stereocenters. The lowest BCUT2D eigenvalue weighted by Crippen LogP contribution is -2.52. The maximum atomic E-state index is 12.7. The summed E-state index contributed by atoms with van der Waals surface area (Å²) < 4.78 is 29.5. The number of nitrogens with one attached hydrogen (secondary N) is 3. The molecule has 0 bridgehead atoms. The van der Waals surface area contributed by atoms with E-state index in [4.69, 9.17) is 4.79 Å². The van der Waals surface area contributed by atoms with Gasteiger partial charge in [0.1, 0.15) is 18.6 Å². The predicted molar refractivity (Wildman–Crippen MR) is 128 cm³/mol. The predicted octanol–water partition coefficient (Wildman–Crippen LogP) is 2.90. The lowest BCUT2D eigenvalue weighted by Gasteiger charge is -2.22. The van der Waals surface area contributed by atoms with Gasteiger partial charge in [-0.05, 0) is 42.7 Å². The molecule has 2 aromatic carbocycles. The van der Waals surface area contributed by atoms with E-state index in [1.807, 2.05) is 20.6 Å². The van der Waals surface area contributed by atoms with Gasteiger partial charge in [0.05, 0.1) is 5.56 Å². The first-order valence-electron chi connectivity index (χ1n) is 11.1. The van der Waals surface area contributed by atoms with Crippen LogP contribution < -0.4 is 20.7 Å². The van der Waals surface area contributed by atoms with Gasteiger partial charge in [0.25, 0.3) is 11.8 Å². The van der Waals surface area contributed by atoms with E-state index in [-0.39, 0.29) is 36.6 Å². The molecule has 0 radical (unpaired) electrons. The summed E-state index contributed by atoms with van der Waals surface area (Å²) in [6.07, 6.45) is 0.351. The molecule has 11 heteroatoms. The monoisotopic (exact) mass is 505 g/mol. The van der Waals surface area contributed by atoms with E-state index < -0.39 is 30.4 Å². The summed E-state index contributed by atoms with van der Waals surface area (Å²) in [5.41, 5.74) is 1.47. The highest BCUT2D eigenvalue weighted by atomic mass is 19.3. The summed E-state index contributed by atoms with van der Waals surface area (Å²) in [5.74, 6) is -2.27. The van der Waals surface area contributed by atoms with Crippen LogP contribution in [0.15, 0.2) is 42.5 Å². The Morgan fingerprint density at radius 1 is 1.06 bits per heavy atom. The van der Waals surface area contributed by atoms with Gasteiger partial charge in [0.15, 0.2) is 0 Å². The Hall–Kier alpha value is -4.15. The molecule has 1 fully saturated rings. The molecule has 0 aliphatic carbocycles. The van der Waals surface area contributed by atoms with Gasteiger partial charge in [0.2, 0.25) is 11.8 Å². The van der Waals surface area contributed by atoms with Crippen LogP contribution in [0, 0.1) is 6.92 Å². The number of para-hydroxylation sites is 1. The average molecular weight is 506 g/mol. The Morgan fingerprint density at radius 3 is 2.33 bits per heavy atom. The molecule has 1 heterocycles. The Labute approximate surface area is 207 Å². The van der Waals surface area contributed by atoms with Gasteiger partial charge < -0.3 is 20.2 Å². The average Bonchev–Trinajstić information content (AvgIpc) is 2.87. The van der Waals surface area contributed by atoms with Crippen LogP contribution >= 0.6 is 0 Å². The maximum absolute atomic E-state index is 12.7. The van der Waals surface area contributed by atoms with Crippen molar-refractivity contribution in [1.29, 1.82) is 0 Å². The van der Waals surface area contributed by atoms with Crippen molar-refractivity contribution < 1.29 is 37.5 Å². The third kappa shape index (κ3) is 8.26. The van der Waals surface area contributed by atoms with Gasteiger partial charge in [-0.3, -0.25) is 24.5 Å². The van der Waals surface area contributed by atoms with Crippen LogP contribution in [-0.4, -0.2) is 43.1 Å². The molecule has 194 valence electrons. The largest absolute Gasteiger partial charge is 0.434 e. The first-order valence-corrected chi connectivity index (χ1v) is 11.1. The van der Waals surface area contributed by atoms with Crippen LogP contribution in [0.5, 0.6) is 5.75 Å². The summed E-state index contributed by atoms with van der Waals surface area (Å²) >= 11 is 0. The zero-order valence-corrected chi connectivity index (χ0v) is 20.2. The summed E-state index contributed by atoms with van der Waals surface area (Å²) in [6, 6.07) is 9.74. The van der Waals surface area contributed by atoms with Crippen LogP contribution in [0.1, 0.15) is 58.5 Å². The van der Waals surface area contributed by atoms with Crippen LogP contribution in [0.4, 0.5) is 8.78 Å². The molecule has 36 heavy (non-hydrogen) atoms. The smallest absolute Gasteiger partial charge is 0.387 e. The number of piperidine rings is 1. The second kappa shape index (κ2) is 15.0. The zero-order chi connectivity index (χ0) is 27.3. The lowest BCUT2D eigenvalue weighted by molar-refractivity contribution is -0.134. The number of benzene rings is 2. The van der Waals surface area contributed by atoms with Crippen molar-refractivity contribution in [1.82, 2.24) is 16.0 Å². The van der Waals surface area contributed by atoms with Crippen molar-refractivity contribution in [2.24, 2.45) is 0 Å². The fourth-order valence-electron chi connectivity index (χ4n) is 3.31. The van der Waals surface area contributed by atoms with Crippen LogP contribution in [0.25, 0.3) is 0 Å². The Bertz CT molecular complexity index is 1080. The molecular weight excluding hydrogens is 476 g/mol. The third-order valence-electron chi connectivity index (χ3n) is 5.02. The molecule has 2 aromatic rings. The van der Waals surface area contributed by atoms with Gasteiger partial charge in [-0.1, -0.05) is 38.1 Å². The first kappa shape index (κ1) is 29.9. The van der Waals surface area contributed by atoms with Gasteiger partial charge >= 0.3 is 6.61 Å². The van der Waals surface area contributed by atoms with E-state index in [1.165, 1.54) is 24.3 Å². The van der Waals surface area contributed by atoms with E-state index >= 15 is 0 Å². The Morgan fingerprint density at radius 2 is 1.69 bits per heavy atom. The maximum Gasteiger partial charge on any atom is 0.387 e. The highest BCUT2D eigenvalue weighted by Gasteiger charge is 2.28. The molecule has 3 rings (SSSR count). The van der Waals surface area contributed by atoms with E-state index in [9.17, 15) is 28.0 Å². The molecule has 3 N–H and O–H groups in total. The van der Waals surface area contributed by atoms with Crippen molar-refractivity contribution in [2.45, 2.75) is 52.8 Å². The van der Waals surface area contributed by atoms with Gasteiger partial charge in [-0.25, -0.2) is 0 Å². The molecule has 0 aromatic heterocycles. The summed E-state index contributed by atoms with van der Waals surface area (Å²) in [5, 5.41) is 7.42. The summed E-state index contributed by atoms with van der Waals surface area (Å²) in [7, 11) is 0. The number of alkyl halides is 2. The van der Waals surface area contributed by atoms with E-state index in [1.54, 1.807) is 25.1 Å². The van der Waals surface area contributed by atoms with E-state index in [0.717, 1.165) is 0 Å². The number of carbonyl (C=O) groups is 5. The highest BCUT2D eigenvalue weighted by molar-refractivity contribution is 6.04. The number of amides is 4. The topological polar surface area (TPSA) is 131 Å². The normalized spacial score (nSPS) is 14.3. The van der Waals surface area contributed by atoms with Crippen LogP contribution in [0.3, 0.4) is 0 Å². The van der Waals surface area contributed by atoms with E-state index in [0.29, 0.717) is 16.7 Å². The summed E-state index contributed by atoms with van der Waals surface area (Å²) in [4.78, 5) is 56.3. The number of ether oxygens (including phenoxy) is 1. The fraction of sp³-hybridized carbons (Fsp3) is 0.320. The van der Waals surface area contributed by atoms with Crippen molar-refractivity contribution in [3.05, 3.63) is 64.7 Å². The van der Waals surface area contributed by atoms with Crippen molar-refractivity contribution in [3.8, 4) is 5.75 Å². The van der Waals surface area contributed by atoms with Crippen LogP contribution in [-0.2, 0) is 20.9 Å². The SMILES string of the molecule is C=O.CC.Cc1c(CNC(=O)c2ccccc2OC(F)F)cccc1C(=O)NC1CCC(=O)NC1=O. The third-order valence-corrected chi connectivity index (χ3v) is 5.02. The lowest BCUT2D eigenvalue weighted by atomic mass is 10.00. The molecule has 0 spiro atoms. The molecule has 1 unspecified atom stereocenters. The van der Waals surface area contributed by atoms with Crippen molar-refractivity contribution >= 4 is 30.4 Å². The molecule has 0 saturated carbocycles. The van der Waals surface area contributed by atoms with E-state index in [2.05, 4.69) is 20.7 Å². The molecule has 4 amide bonds. The first-order chi connectivity index (χ1) is 17.3. The minimum absolute atomic E-state index is 0.0349. The highest BCUT2D eigenvalue weighted by Crippen LogP contribution is 2.21. The van der Waals surface area contributed by atoms with Crippen molar-refractivity contribution in [2.75, 3.05) is 0 Å². The quantitative estimate of drug-likeness (QED) is 0.496. The minimum atomic E-state index is -3.06. The Kier molecular flexibility index (Phi) is 12.4. The molecular formula is C25H29F2N3O6. The number of carbonyl (C=O) groups excluding carboxylic acids is 5. The minimum Gasteiger partial charge on any atom is -0.434 e. The number of hydrogen-bond donors (Lipinski definition) is 3. The number of rotatable bonds is 7. The second-order valence-electron chi connectivity index (χ2n) is 7.12. The summed E-state index contributed by atoms with van der Waals surface area (Å²) in [6.45, 7) is 4.66. The van der Waals surface area contributed by atoms with Crippen molar-refractivity contribution in [3.63, 3.8) is 0 Å². The fourth-order valence-corrected chi connectivity index (χ4v) is 3.31. The zero-order valence-electron chi connectivity index (χ0n) is 20.2. The Balaban J connectivity index is 0.00000154. The standard InChI is InChI=1S/C22H21F2N3O5.C2H6.CH2O/c1-12-13(11-25-19(29)15-6-2-3-8-17(15)32-22(23)24)5-4-7-14(12)20(30)26-16-9-10-18(28)27-21(16)31;2*1-2/h2-8,16,22H,9-11H2,1H3,(H,25,29)(H,26,30)(H,27,28,31);1-2H3;1H2. The van der Waals surface area contributed by atoms with Gasteiger partial charge in [0, 0.05) is 18.5 Å². The number of hydrogen-bond acceptors (Lipinski definition) is 6. The van der Waals surface area contributed by atoms with Gasteiger partial charge in [-0.15, -0.1) is 0 Å². The molecule has 1 aliphatic heterocycles. The van der Waals surface area contributed by atoms with Crippen LogP contribution in [0.2, 0.25) is 0 Å². The second-order valence-corrected chi connectivity index (χ2v) is 7.12. The molecule has 1 aliphatic rings. The number of halogens is 2. The number of imide groups is 1.